The van der Waals surface area contributed by atoms with Gasteiger partial charge >= 0.3 is 5.97 Å². The van der Waals surface area contributed by atoms with Crippen molar-refractivity contribution in [3.05, 3.63) is 0 Å². The van der Waals surface area contributed by atoms with Crippen molar-refractivity contribution in [2.24, 2.45) is 5.92 Å². The Bertz CT molecular complexity index is 249. The second-order valence-corrected chi connectivity index (χ2v) is 4.60. The Morgan fingerprint density at radius 2 is 2.12 bits per heavy atom. The Balaban J connectivity index is 2.28. The zero-order valence-electron chi connectivity index (χ0n) is 9.87. The molecule has 1 unspecified atom stereocenters. The highest BCUT2D eigenvalue weighted by molar-refractivity contribution is 5.83. The highest BCUT2D eigenvalue weighted by atomic mass is 16.4. The second kappa shape index (κ2) is 6.51. The van der Waals surface area contributed by atoms with Crippen LogP contribution < -0.4 is 5.32 Å². The predicted molar refractivity (Wildman–Crippen MR) is 61.0 cm³/mol. The summed E-state index contributed by atoms with van der Waals surface area (Å²) in [5.41, 5.74) is 0. The summed E-state index contributed by atoms with van der Waals surface area (Å²) < 4.78 is 0. The van der Waals surface area contributed by atoms with E-state index in [9.17, 15) is 9.59 Å². The summed E-state index contributed by atoms with van der Waals surface area (Å²) in [7, 11) is 0. The molecule has 0 spiro atoms. The first kappa shape index (κ1) is 13.0. The quantitative estimate of drug-likeness (QED) is 0.698. The average Bonchev–Trinajstić information content (AvgIpc) is 2.18. The van der Waals surface area contributed by atoms with Crippen molar-refractivity contribution < 1.29 is 14.7 Å². The molecular formula is C12H21NO3. The minimum absolute atomic E-state index is 0.104. The molecule has 0 bridgehead atoms. The summed E-state index contributed by atoms with van der Waals surface area (Å²) in [5.74, 6) is -0.538. The number of carboxylic acid groups (broad SMARTS) is 1. The second-order valence-electron chi connectivity index (χ2n) is 4.60. The van der Waals surface area contributed by atoms with Crippen molar-refractivity contribution in [2.75, 3.05) is 0 Å². The maximum atomic E-state index is 11.5. The molecule has 0 aliphatic heterocycles. The largest absolute Gasteiger partial charge is 0.480 e. The van der Waals surface area contributed by atoms with Crippen molar-refractivity contribution in [1.82, 2.24) is 5.32 Å². The first-order valence-corrected chi connectivity index (χ1v) is 6.15. The first-order chi connectivity index (χ1) is 7.63. The Kier molecular flexibility index (Phi) is 5.29. The van der Waals surface area contributed by atoms with Crippen molar-refractivity contribution in [3.63, 3.8) is 0 Å². The maximum absolute atomic E-state index is 11.5. The van der Waals surface area contributed by atoms with Gasteiger partial charge in [-0.3, -0.25) is 4.79 Å². The van der Waals surface area contributed by atoms with Crippen LogP contribution in [0.2, 0.25) is 0 Å². The molecule has 0 aromatic heterocycles. The molecular weight excluding hydrogens is 206 g/mol. The number of hydrogen-bond acceptors (Lipinski definition) is 2. The van der Waals surface area contributed by atoms with Crippen LogP contribution in [0.4, 0.5) is 0 Å². The molecule has 0 saturated heterocycles. The summed E-state index contributed by atoms with van der Waals surface area (Å²) in [6.07, 6.45) is 6.23. The monoisotopic (exact) mass is 227 g/mol. The molecule has 0 radical (unpaired) electrons. The number of rotatable bonds is 7. The number of carbonyl (C=O) groups excluding carboxylic acids is 1. The van der Waals surface area contributed by atoms with Gasteiger partial charge in [0.25, 0.3) is 0 Å². The highest BCUT2D eigenvalue weighted by Crippen LogP contribution is 2.29. The van der Waals surface area contributed by atoms with Gasteiger partial charge in [0.05, 0.1) is 0 Å². The summed E-state index contributed by atoms with van der Waals surface area (Å²) in [5, 5.41) is 11.6. The van der Waals surface area contributed by atoms with Crippen LogP contribution in [-0.2, 0) is 9.59 Å². The zero-order chi connectivity index (χ0) is 12.0. The van der Waals surface area contributed by atoms with E-state index in [0.29, 0.717) is 18.8 Å². The molecule has 1 amide bonds. The molecule has 1 saturated carbocycles. The summed E-state index contributed by atoms with van der Waals surface area (Å²) in [6.45, 7) is 2.01. The molecule has 0 heterocycles. The van der Waals surface area contributed by atoms with E-state index >= 15 is 0 Å². The standard InChI is InChI=1S/C12H21NO3/c1-2-3-7-10(12(15)16)13-11(14)8-9-5-4-6-9/h9-10H,2-8H2,1H3,(H,13,14)(H,15,16). The smallest absolute Gasteiger partial charge is 0.326 e. The Morgan fingerprint density at radius 3 is 2.56 bits per heavy atom. The number of carbonyl (C=O) groups is 2. The SMILES string of the molecule is CCCCC(NC(=O)CC1CCC1)C(=O)O. The lowest BCUT2D eigenvalue weighted by molar-refractivity contribution is -0.142. The molecule has 1 rings (SSSR count). The molecule has 1 aliphatic carbocycles. The highest BCUT2D eigenvalue weighted by Gasteiger charge is 2.24. The third-order valence-electron chi connectivity index (χ3n) is 3.18. The van der Waals surface area contributed by atoms with E-state index in [0.717, 1.165) is 25.7 Å². The van der Waals surface area contributed by atoms with Crippen LogP contribution in [-0.4, -0.2) is 23.0 Å². The molecule has 0 aromatic rings. The van der Waals surface area contributed by atoms with E-state index in [1.807, 2.05) is 6.92 Å². The van der Waals surface area contributed by atoms with Crippen molar-refractivity contribution >= 4 is 11.9 Å². The van der Waals surface area contributed by atoms with E-state index in [2.05, 4.69) is 5.32 Å². The number of hydrogen-bond donors (Lipinski definition) is 2. The van der Waals surface area contributed by atoms with Gasteiger partial charge in [0, 0.05) is 6.42 Å². The normalized spacial score (nSPS) is 17.6. The van der Waals surface area contributed by atoms with Crippen LogP contribution >= 0.6 is 0 Å². The van der Waals surface area contributed by atoms with E-state index in [-0.39, 0.29) is 5.91 Å². The lowest BCUT2D eigenvalue weighted by atomic mass is 9.83. The fraction of sp³-hybridized carbons (Fsp3) is 0.833. The van der Waals surface area contributed by atoms with Crippen molar-refractivity contribution in [1.29, 1.82) is 0 Å². The number of aliphatic carboxylic acids is 1. The van der Waals surface area contributed by atoms with Crippen molar-refractivity contribution in [3.8, 4) is 0 Å². The van der Waals surface area contributed by atoms with E-state index in [4.69, 9.17) is 5.11 Å². The van der Waals surface area contributed by atoms with Gasteiger partial charge < -0.3 is 10.4 Å². The third-order valence-corrected chi connectivity index (χ3v) is 3.18. The van der Waals surface area contributed by atoms with Gasteiger partial charge in [-0.2, -0.15) is 0 Å². The Morgan fingerprint density at radius 1 is 1.44 bits per heavy atom. The molecule has 1 atom stereocenters. The fourth-order valence-corrected chi connectivity index (χ4v) is 1.88. The molecule has 1 aliphatic rings. The zero-order valence-corrected chi connectivity index (χ0v) is 9.87. The third kappa shape index (κ3) is 4.21. The van der Waals surface area contributed by atoms with Gasteiger partial charge in [0.15, 0.2) is 0 Å². The molecule has 4 nitrogen and oxygen atoms in total. The summed E-state index contributed by atoms with van der Waals surface area (Å²) in [4.78, 5) is 22.4. The number of amides is 1. The van der Waals surface area contributed by atoms with Gasteiger partial charge in [-0.25, -0.2) is 4.79 Å². The minimum Gasteiger partial charge on any atom is -0.480 e. The summed E-state index contributed by atoms with van der Waals surface area (Å²) in [6, 6.07) is -0.701. The lowest BCUT2D eigenvalue weighted by Crippen LogP contribution is -2.41. The van der Waals surface area contributed by atoms with E-state index in [1.54, 1.807) is 0 Å². The molecule has 0 aromatic carbocycles. The molecule has 2 N–H and O–H groups in total. The van der Waals surface area contributed by atoms with Crippen LogP contribution in [0.25, 0.3) is 0 Å². The Labute approximate surface area is 96.4 Å². The van der Waals surface area contributed by atoms with E-state index in [1.165, 1.54) is 6.42 Å². The fourth-order valence-electron chi connectivity index (χ4n) is 1.88. The van der Waals surface area contributed by atoms with Crippen molar-refractivity contribution in [2.45, 2.75) is 57.9 Å². The van der Waals surface area contributed by atoms with Crippen LogP contribution in [0.5, 0.6) is 0 Å². The van der Waals surface area contributed by atoms with Crippen LogP contribution in [0.3, 0.4) is 0 Å². The van der Waals surface area contributed by atoms with Gasteiger partial charge in [-0.05, 0) is 25.2 Å². The number of unbranched alkanes of at least 4 members (excludes halogenated alkanes) is 1. The molecule has 4 heteroatoms. The van der Waals surface area contributed by atoms with Gasteiger partial charge in [-0.1, -0.05) is 26.2 Å². The lowest BCUT2D eigenvalue weighted by Gasteiger charge is -2.25. The Hall–Kier alpha value is -1.06. The van der Waals surface area contributed by atoms with Crippen LogP contribution in [0.15, 0.2) is 0 Å². The summed E-state index contributed by atoms with van der Waals surface area (Å²) >= 11 is 0. The molecule has 16 heavy (non-hydrogen) atoms. The average molecular weight is 227 g/mol. The van der Waals surface area contributed by atoms with E-state index < -0.39 is 12.0 Å². The molecule has 92 valence electrons. The van der Waals surface area contributed by atoms with Crippen LogP contribution in [0.1, 0.15) is 51.9 Å². The topological polar surface area (TPSA) is 66.4 Å². The van der Waals surface area contributed by atoms with Crippen LogP contribution in [0, 0.1) is 5.92 Å². The van der Waals surface area contributed by atoms with Gasteiger partial charge in [0.2, 0.25) is 5.91 Å². The number of nitrogens with one attached hydrogen (secondary N) is 1. The number of carboxylic acids is 1. The first-order valence-electron chi connectivity index (χ1n) is 6.15. The predicted octanol–water partition coefficient (Wildman–Crippen LogP) is 1.94. The maximum Gasteiger partial charge on any atom is 0.326 e. The van der Waals surface area contributed by atoms with Gasteiger partial charge in [-0.15, -0.1) is 0 Å². The minimum atomic E-state index is -0.921. The molecule has 1 fully saturated rings. The van der Waals surface area contributed by atoms with Gasteiger partial charge in [0.1, 0.15) is 6.04 Å².